The first kappa shape index (κ1) is 12.0. The van der Waals surface area contributed by atoms with Crippen LogP contribution in [-0.4, -0.2) is 23.0 Å². The van der Waals surface area contributed by atoms with Crippen molar-refractivity contribution in [2.75, 3.05) is 10.6 Å². The Bertz CT molecular complexity index is 541. The Morgan fingerprint density at radius 1 is 1.21 bits per heavy atom. The number of carboxylic acid groups (broad SMARTS) is 1. The smallest absolute Gasteiger partial charge is 0.335 e. The molecule has 1 aliphatic carbocycles. The summed E-state index contributed by atoms with van der Waals surface area (Å²) in [6.45, 7) is 0. The Balaban J connectivity index is 1.98. The van der Waals surface area contributed by atoms with Gasteiger partial charge in [0.2, 0.25) is 5.91 Å². The van der Waals surface area contributed by atoms with Crippen molar-refractivity contribution in [1.29, 1.82) is 0 Å². The fourth-order valence-corrected chi connectivity index (χ4v) is 2.95. The molecular weight excluding hydrogens is 244 g/mol. The van der Waals surface area contributed by atoms with Crippen molar-refractivity contribution in [2.24, 2.45) is 5.92 Å². The molecule has 2 aliphatic rings. The van der Waals surface area contributed by atoms with Crippen LogP contribution in [0.25, 0.3) is 0 Å². The number of carboxylic acids is 1. The fraction of sp³-hybridized carbons (Fsp3) is 0.429. The van der Waals surface area contributed by atoms with Gasteiger partial charge in [-0.2, -0.15) is 0 Å². The molecule has 0 saturated heterocycles. The number of nitrogens with one attached hydrogen (secondary N) is 2. The number of amides is 1. The van der Waals surface area contributed by atoms with Gasteiger partial charge in [-0.25, -0.2) is 4.79 Å². The van der Waals surface area contributed by atoms with E-state index in [1.54, 1.807) is 12.1 Å². The highest BCUT2D eigenvalue weighted by Gasteiger charge is 2.34. The molecule has 5 nitrogen and oxygen atoms in total. The SMILES string of the molecule is O=C(O)c1ccc2c(c1)NC1CCCCC1C(=O)N2. The standard InChI is InChI=1S/C14H16N2O3/c17-13-9-3-1-2-4-10(9)15-12-7-8(14(18)19)5-6-11(12)16-13/h5-7,9-10,15H,1-4H2,(H,16,17)(H,18,19). The van der Waals surface area contributed by atoms with Gasteiger partial charge in [0.15, 0.2) is 0 Å². The molecule has 3 rings (SSSR count). The zero-order valence-electron chi connectivity index (χ0n) is 10.5. The zero-order chi connectivity index (χ0) is 13.4. The molecule has 0 bridgehead atoms. The van der Waals surface area contributed by atoms with Crippen molar-refractivity contribution < 1.29 is 14.7 Å². The summed E-state index contributed by atoms with van der Waals surface area (Å²) in [5, 5.41) is 15.3. The first-order valence-corrected chi connectivity index (χ1v) is 6.60. The number of anilines is 2. The predicted molar refractivity (Wildman–Crippen MR) is 71.4 cm³/mol. The van der Waals surface area contributed by atoms with E-state index in [-0.39, 0.29) is 23.4 Å². The second-order valence-electron chi connectivity index (χ2n) is 5.20. The predicted octanol–water partition coefficient (Wildman–Crippen LogP) is 2.31. The molecule has 2 atom stereocenters. The molecule has 0 aromatic heterocycles. The summed E-state index contributed by atoms with van der Waals surface area (Å²) in [5.41, 5.74) is 1.61. The highest BCUT2D eigenvalue weighted by Crippen LogP contribution is 2.35. The molecule has 1 aromatic carbocycles. The molecule has 2 unspecified atom stereocenters. The van der Waals surface area contributed by atoms with Crippen LogP contribution in [0.5, 0.6) is 0 Å². The van der Waals surface area contributed by atoms with Crippen LogP contribution >= 0.6 is 0 Å². The summed E-state index contributed by atoms with van der Waals surface area (Å²) in [7, 11) is 0. The Hall–Kier alpha value is -2.04. The Morgan fingerprint density at radius 3 is 2.79 bits per heavy atom. The van der Waals surface area contributed by atoms with Gasteiger partial charge in [-0.15, -0.1) is 0 Å². The van der Waals surface area contributed by atoms with Crippen LogP contribution in [0.3, 0.4) is 0 Å². The Morgan fingerprint density at radius 2 is 2.00 bits per heavy atom. The molecular formula is C14H16N2O3. The molecule has 1 amide bonds. The molecule has 3 N–H and O–H groups in total. The highest BCUT2D eigenvalue weighted by atomic mass is 16.4. The van der Waals surface area contributed by atoms with Crippen LogP contribution in [0, 0.1) is 5.92 Å². The van der Waals surface area contributed by atoms with Gasteiger partial charge in [0.1, 0.15) is 0 Å². The summed E-state index contributed by atoms with van der Waals surface area (Å²) in [5.74, 6) is -0.936. The van der Waals surface area contributed by atoms with Crippen molar-refractivity contribution in [2.45, 2.75) is 31.7 Å². The second-order valence-corrected chi connectivity index (χ2v) is 5.20. The first-order chi connectivity index (χ1) is 9.15. The van der Waals surface area contributed by atoms with Gasteiger partial charge in [-0.1, -0.05) is 12.8 Å². The zero-order valence-corrected chi connectivity index (χ0v) is 10.5. The summed E-state index contributed by atoms with van der Waals surface area (Å²) < 4.78 is 0. The molecule has 1 aliphatic heterocycles. The van der Waals surface area contributed by atoms with E-state index in [0.717, 1.165) is 25.7 Å². The molecule has 5 heteroatoms. The van der Waals surface area contributed by atoms with E-state index < -0.39 is 5.97 Å². The normalized spacial score (nSPS) is 25.4. The Labute approximate surface area is 111 Å². The number of hydrogen-bond donors (Lipinski definition) is 3. The second kappa shape index (κ2) is 4.57. The number of fused-ring (bicyclic) bond motifs is 2. The molecule has 0 radical (unpaired) electrons. The van der Waals surface area contributed by atoms with Crippen LogP contribution in [0.1, 0.15) is 36.0 Å². The molecule has 0 spiro atoms. The van der Waals surface area contributed by atoms with Gasteiger partial charge < -0.3 is 15.7 Å². The van der Waals surface area contributed by atoms with E-state index in [2.05, 4.69) is 10.6 Å². The molecule has 1 fully saturated rings. The van der Waals surface area contributed by atoms with Crippen LogP contribution < -0.4 is 10.6 Å². The van der Waals surface area contributed by atoms with Crippen LogP contribution in [0.4, 0.5) is 11.4 Å². The summed E-state index contributed by atoms with van der Waals surface area (Å²) in [6, 6.07) is 4.87. The summed E-state index contributed by atoms with van der Waals surface area (Å²) >= 11 is 0. The van der Waals surface area contributed by atoms with E-state index in [1.165, 1.54) is 6.07 Å². The van der Waals surface area contributed by atoms with Crippen molar-refractivity contribution in [3.8, 4) is 0 Å². The van der Waals surface area contributed by atoms with Gasteiger partial charge in [0.05, 0.1) is 22.9 Å². The average molecular weight is 260 g/mol. The third kappa shape index (κ3) is 2.16. The first-order valence-electron chi connectivity index (χ1n) is 6.60. The van der Waals surface area contributed by atoms with Crippen molar-refractivity contribution >= 4 is 23.3 Å². The lowest BCUT2D eigenvalue weighted by atomic mass is 9.84. The van der Waals surface area contributed by atoms with Crippen molar-refractivity contribution in [3.05, 3.63) is 23.8 Å². The van der Waals surface area contributed by atoms with Gasteiger partial charge >= 0.3 is 5.97 Å². The number of carbonyl (C=O) groups is 2. The van der Waals surface area contributed by atoms with E-state index in [1.807, 2.05) is 0 Å². The number of carbonyl (C=O) groups excluding carboxylic acids is 1. The number of rotatable bonds is 1. The van der Waals surface area contributed by atoms with E-state index in [0.29, 0.717) is 11.4 Å². The Kier molecular flexibility index (Phi) is 2.89. The van der Waals surface area contributed by atoms with Gasteiger partial charge in [-0.05, 0) is 31.0 Å². The third-order valence-corrected chi connectivity index (χ3v) is 3.97. The van der Waals surface area contributed by atoms with E-state index >= 15 is 0 Å². The van der Waals surface area contributed by atoms with Crippen molar-refractivity contribution in [1.82, 2.24) is 0 Å². The lowest BCUT2D eigenvalue weighted by Gasteiger charge is -2.29. The highest BCUT2D eigenvalue weighted by molar-refractivity contribution is 5.99. The number of benzene rings is 1. The summed E-state index contributed by atoms with van der Waals surface area (Å²) in [6.07, 6.45) is 4.03. The van der Waals surface area contributed by atoms with Gasteiger partial charge in [-0.3, -0.25) is 4.79 Å². The van der Waals surface area contributed by atoms with Gasteiger partial charge in [0, 0.05) is 6.04 Å². The molecule has 19 heavy (non-hydrogen) atoms. The quantitative estimate of drug-likeness (QED) is 0.724. The molecule has 1 saturated carbocycles. The van der Waals surface area contributed by atoms with E-state index in [9.17, 15) is 9.59 Å². The van der Waals surface area contributed by atoms with Crippen molar-refractivity contribution in [3.63, 3.8) is 0 Å². The lowest BCUT2D eigenvalue weighted by Crippen LogP contribution is -2.37. The minimum Gasteiger partial charge on any atom is -0.478 e. The maximum Gasteiger partial charge on any atom is 0.335 e. The average Bonchev–Trinajstić information content (AvgIpc) is 2.54. The van der Waals surface area contributed by atoms with E-state index in [4.69, 9.17) is 5.11 Å². The molecule has 1 aromatic rings. The molecule has 100 valence electrons. The third-order valence-electron chi connectivity index (χ3n) is 3.97. The largest absolute Gasteiger partial charge is 0.478 e. The maximum absolute atomic E-state index is 12.2. The van der Waals surface area contributed by atoms with Crippen LogP contribution in [-0.2, 0) is 4.79 Å². The topological polar surface area (TPSA) is 78.4 Å². The summed E-state index contributed by atoms with van der Waals surface area (Å²) in [4.78, 5) is 23.2. The number of hydrogen-bond acceptors (Lipinski definition) is 3. The fourth-order valence-electron chi connectivity index (χ4n) is 2.95. The minimum atomic E-state index is -0.958. The van der Waals surface area contributed by atoms with Gasteiger partial charge in [0.25, 0.3) is 0 Å². The minimum absolute atomic E-state index is 0.0190. The maximum atomic E-state index is 12.2. The van der Waals surface area contributed by atoms with Crippen LogP contribution in [0.15, 0.2) is 18.2 Å². The molecule has 1 heterocycles. The van der Waals surface area contributed by atoms with Crippen LogP contribution in [0.2, 0.25) is 0 Å². The lowest BCUT2D eigenvalue weighted by molar-refractivity contribution is -0.120. The monoisotopic (exact) mass is 260 g/mol. The number of aromatic carboxylic acids is 1.